The lowest BCUT2D eigenvalue weighted by Gasteiger charge is -1.97. The fraction of sp³-hybridized carbons (Fsp3) is 0.0909. The number of hydrogen-bond donors (Lipinski definition) is 0. The van der Waals surface area contributed by atoms with Gasteiger partial charge in [-0.2, -0.15) is 0 Å². The van der Waals surface area contributed by atoms with Gasteiger partial charge >= 0.3 is 0 Å². The Hall–Kier alpha value is -1.70. The molecule has 0 fully saturated rings. The van der Waals surface area contributed by atoms with Gasteiger partial charge in [0, 0.05) is 0 Å². The molecule has 0 amide bonds. The summed E-state index contributed by atoms with van der Waals surface area (Å²) in [5, 5.41) is 0. The quantitative estimate of drug-likeness (QED) is 0.698. The minimum Gasteiger partial charge on any atom is -0.464 e. The highest BCUT2D eigenvalue weighted by Crippen LogP contribution is 2.23. The van der Waals surface area contributed by atoms with Crippen molar-refractivity contribution in [2.24, 2.45) is 0 Å². The van der Waals surface area contributed by atoms with Crippen LogP contribution in [0.2, 0.25) is 0 Å². The van der Waals surface area contributed by atoms with Crippen LogP contribution < -0.4 is 0 Å². The Labute approximate surface area is 76.5 Å². The van der Waals surface area contributed by atoms with Gasteiger partial charge in [0.25, 0.3) is 0 Å². The van der Waals surface area contributed by atoms with Gasteiger partial charge in [0.1, 0.15) is 11.5 Å². The largest absolute Gasteiger partial charge is 0.464 e. The van der Waals surface area contributed by atoms with Crippen LogP contribution in [0.4, 0.5) is 0 Å². The zero-order valence-electron chi connectivity index (χ0n) is 7.36. The van der Waals surface area contributed by atoms with Crippen molar-refractivity contribution in [1.82, 2.24) is 0 Å². The Morgan fingerprint density at radius 2 is 1.62 bits per heavy atom. The highest BCUT2D eigenvalue weighted by molar-refractivity contribution is 5.73. The molecule has 0 N–H and O–H groups in total. The van der Waals surface area contributed by atoms with Crippen molar-refractivity contribution in [3.63, 3.8) is 0 Å². The molecule has 0 aromatic carbocycles. The molecular weight excluding hydrogens is 164 g/mol. The summed E-state index contributed by atoms with van der Waals surface area (Å²) in [4.78, 5) is 0. The van der Waals surface area contributed by atoms with Crippen LogP contribution in [-0.4, -0.2) is 0 Å². The summed E-state index contributed by atoms with van der Waals surface area (Å²) in [6, 6.07) is 7.55. The average molecular weight is 174 g/mol. The third kappa shape index (κ3) is 1.43. The SMILES string of the molecule is CC=C(c1ccco1)c1ccco1. The molecule has 0 saturated carbocycles. The van der Waals surface area contributed by atoms with Gasteiger partial charge in [0.15, 0.2) is 0 Å². The number of allylic oxidation sites excluding steroid dienone is 1. The first-order valence-electron chi connectivity index (χ1n) is 4.16. The predicted molar refractivity (Wildman–Crippen MR) is 50.2 cm³/mol. The van der Waals surface area contributed by atoms with Crippen molar-refractivity contribution < 1.29 is 8.83 Å². The second kappa shape index (κ2) is 3.35. The van der Waals surface area contributed by atoms with E-state index in [1.54, 1.807) is 12.5 Å². The van der Waals surface area contributed by atoms with Gasteiger partial charge in [-0.15, -0.1) is 0 Å². The molecule has 0 radical (unpaired) electrons. The standard InChI is InChI=1S/C11H10O2/c1-2-9(10-5-3-7-12-10)11-6-4-8-13-11/h2-8H,1H3. The molecule has 2 nitrogen and oxygen atoms in total. The van der Waals surface area contributed by atoms with Gasteiger partial charge in [0.05, 0.1) is 18.1 Å². The summed E-state index contributed by atoms with van der Waals surface area (Å²) < 4.78 is 10.6. The van der Waals surface area contributed by atoms with E-state index in [1.165, 1.54) is 0 Å². The number of rotatable bonds is 2. The minimum absolute atomic E-state index is 0.831. The molecule has 2 aromatic heterocycles. The van der Waals surface area contributed by atoms with Gasteiger partial charge in [-0.1, -0.05) is 6.08 Å². The van der Waals surface area contributed by atoms with E-state index in [4.69, 9.17) is 8.83 Å². The summed E-state index contributed by atoms with van der Waals surface area (Å²) in [6.45, 7) is 1.96. The van der Waals surface area contributed by atoms with E-state index >= 15 is 0 Å². The summed E-state index contributed by atoms with van der Waals surface area (Å²) in [7, 11) is 0. The van der Waals surface area contributed by atoms with E-state index in [1.807, 2.05) is 37.3 Å². The predicted octanol–water partition coefficient (Wildman–Crippen LogP) is 3.32. The molecule has 2 rings (SSSR count). The molecule has 2 aromatic rings. The maximum absolute atomic E-state index is 5.28. The average Bonchev–Trinajstić information content (AvgIpc) is 2.76. The number of hydrogen-bond acceptors (Lipinski definition) is 2. The normalized spacial score (nSPS) is 9.92. The van der Waals surface area contributed by atoms with Gasteiger partial charge in [-0.05, 0) is 31.2 Å². The summed E-state index contributed by atoms with van der Waals surface area (Å²) >= 11 is 0. The first kappa shape index (κ1) is 7.92. The maximum atomic E-state index is 5.28. The first-order chi connectivity index (χ1) is 6.42. The van der Waals surface area contributed by atoms with Crippen LogP contribution >= 0.6 is 0 Å². The highest BCUT2D eigenvalue weighted by atomic mass is 16.3. The number of furan rings is 2. The zero-order chi connectivity index (χ0) is 9.10. The lowest BCUT2D eigenvalue weighted by Crippen LogP contribution is -1.80. The van der Waals surface area contributed by atoms with Crippen LogP contribution in [0.25, 0.3) is 5.57 Å². The van der Waals surface area contributed by atoms with Crippen LogP contribution in [0.5, 0.6) is 0 Å². The Bertz CT molecular complexity index is 343. The molecule has 0 aliphatic carbocycles. The third-order valence-electron chi connectivity index (χ3n) is 1.86. The van der Waals surface area contributed by atoms with Crippen LogP contribution in [0.3, 0.4) is 0 Å². The van der Waals surface area contributed by atoms with Crippen LogP contribution in [0.15, 0.2) is 51.7 Å². The van der Waals surface area contributed by atoms with Crippen LogP contribution in [0.1, 0.15) is 18.4 Å². The van der Waals surface area contributed by atoms with Crippen LogP contribution in [-0.2, 0) is 0 Å². The lowest BCUT2D eigenvalue weighted by molar-refractivity contribution is 0.530. The third-order valence-corrected chi connectivity index (χ3v) is 1.86. The molecule has 0 aliphatic rings. The zero-order valence-corrected chi connectivity index (χ0v) is 7.36. The summed E-state index contributed by atoms with van der Waals surface area (Å²) in [5.41, 5.74) is 0.981. The molecule has 0 bridgehead atoms. The minimum atomic E-state index is 0.831. The lowest BCUT2D eigenvalue weighted by atomic mass is 10.1. The molecule has 2 heterocycles. The van der Waals surface area contributed by atoms with E-state index in [2.05, 4.69) is 0 Å². The summed E-state index contributed by atoms with van der Waals surface area (Å²) in [6.07, 6.45) is 5.28. The van der Waals surface area contributed by atoms with Crippen molar-refractivity contribution in [3.05, 3.63) is 54.4 Å². The van der Waals surface area contributed by atoms with E-state index in [9.17, 15) is 0 Å². The molecule has 13 heavy (non-hydrogen) atoms. The molecule has 2 heteroatoms. The molecule has 66 valence electrons. The second-order valence-electron chi connectivity index (χ2n) is 2.66. The van der Waals surface area contributed by atoms with Gasteiger partial charge in [-0.3, -0.25) is 0 Å². The van der Waals surface area contributed by atoms with Crippen molar-refractivity contribution >= 4 is 5.57 Å². The maximum Gasteiger partial charge on any atom is 0.137 e. The Kier molecular flexibility index (Phi) is 2.04. The monoisotopic (exact) mass is 174 g/mol. The molecule has 0 spiro atoms. The fourth-order valence-electron chi connectivity index (χ4n) is 1.27. The second-order valence-corrected chi connectivity index (χ2v) is 2.66. The van der Waals surface area contributed by atoms with Gasteiger partial charge < -0.3 is 8.83 Å². The molecule has 0 unspecified atom stereocenters. The molecular formula is C11H10O2. The van der Waals surface area contributed by atoms with Gasteiger partial charge in [-0.25, -0.2) is 0 Å². The Morgan fingerprint density at radius 3 is 1.92 bits per heavy atom. The Morgan fingerprint density at radius 1 is 1.08 bits per heavy atom. The van der Waals surface area contributed by atoms with Crippen molar-refractivity contribution in [3.8, 4) is 0 Å². The van der Waals surface area contributed by atoms with E-state index in [0.717, 1.165) is 17.1 Å². The van der Waals surface area contributed by atoms with Crippen molar-refractivity contribution in [2.75, 3.05) is 0 Å². The molecule has 0 saturated heterocycles. The topological polar surface area (TPSA) is 26.3 Å². The fourth-order valence-corrected chi connectivity index (χ4v) is 1.27. The van der Waals surface area contributed by atoms with E-state index < -0.39 is 0 Å². The molecule has 0 atom stereocenters. The Balaban J connectivity index is 2.42. The van der Waals surface area contributed by atoms with Crippen molar-refractivity contribution in [1.29, 1.82) is 0 Å². The smallest absolute Gasteiger partial charge is 0.137 e. The first-order valence-corrected chi connectivity index (χ1v) is 4.16. The van der Waals surface area contributed by atoms with E-state index in [-0.39, 0.29) is 0 Å². The highest BCUT2D eigenvalue weighted by Gasteiger charge is 2.08. The van der Waals surface area contributed by atoms with Gasteiger partial charge in [0.2, 0.25) is 0 Å². The van der Waals surface area contributed by atoms with E-state index in [0.29, 0.717) is 0 Å². The van der Waals surface area contributed by atoms with Crippen LogP contribution in [0, 0.1) is 0 Å². The molecule has 0 aliphatic heterocycles. The van der Waals surface area contributed by atoms with Crippen molar-refractivity contribution in [2.45, 2.75) is 6.92 Å². The summed E-state index contributed by atoms with van der Waals surface area (Å²) in [5.74, 6) is 1.66.